The van der Waals surface area contributed by atoms with Crippen molar-refractivity contribution in [1.29, 1.82) is 0 Å². The first-order valence-electron chi connectivity index (χ1n) is 14.4. The fourth-order valence-corrected chi connectivity index (χ4v) is 5.43. The van der Waals surface area contributed by atoms with Gasteiger partial charge in [-0.15, -0.1) is 0 Å². The number of likely N-dealkylation sites (tertiary alicyclic amines) is 1. The lowest BCUT2D eigenvalue weighted by Gasteiger charge is -2.41. The molecule has 1 N–H and O–H groups in total. The fraction of sp³-hybridized carbons (Fsp3) is 0.625. The smallest absolute Gasteiger partial charge is 0.0233 e. The summed E-state index contributed by atoms with van der Waals surface area (Å²) in [5.74, 6) is 0. The molecule has 2 aromatic carbocycles. The molecule has 1 aliphatic rings. The van der Waals surface area contributed by atoms with Gasteiger partial charge in [0, 0.05) is 18.6 Å². The Morgan fingerprint density at radius 2 is 1.31 bits per heavy atom. The predicted molar refractivity (Wildman–Crippen MR) is 152 cm³/mol. The van der Waals surface area contributed by atoms with Gasteiger partial charge in [-0.3, -0.25) is 9.80 Å². The second kappa shape index (κ2) is 16.1. The van der Waals surface area contributed by atoms with Crippen molar-refractivity contribution >= 4 is 0 Å². The van der Waals surface area contributed by atoms with Crippen molar-refractivity contribution in [3.8, 4) is 0 Å². The van der Waals surface area contributed by atoms with E-state index in [4.69, 9.17) is 0 Å². The number of rotatable bonds is 17. The predicted octanol–water partition coefficient (Wildman–Crippen LogP) is 7.27. The van der Waals surface area contributed by atoms with Crippen LogP contribution >= 0.6 is 0 Å². The minimum atomic E-state index is 0.360. The highest BCUT2D eigenvalue weighted by atomic mass is 15.2. The van der Waals surface area contributed by atoms with Gasteiger partial charge in [-0.1, -0.05) is 86.3 Å². The summed E-state index contributed by atoms with van der Waals surface area (Å²) in [5, 5.41) is 3.59. The van der Waals surface area contributed by atoms with Gasteiger partial charge in [0.05, 0.1) is 0 Å². The van der Waals surface area contributed by atoms with Crippen LogP contribution in [0.4, 0.5) is 0 Å². The molecule has 0 aliphatic carbocycles. The minimum Gasteiger partial charge on any atom is -0.313 e. The van der Waals surface area contributed by atoms with Gasteiger partial charge < -0.3 is 5.32 Å². The van der Waals surface area contributed by atoms with E-state index in [0.717, 1.165) is 19.6 Å². The van der Waals surface area contributed by atoms with Gasteiger partial charge in [-0.05, 0) is 96.2 Å². The van der Waals surface area contributed by atoms with E-state index in [1.165, 1.54) is 102 Å². The van der Waals surface area contributed by atoms with Crippen molar-refractivity contribution in [2.75, 3.05) is 32.7 Å². The molecule has 3 nitrogen and oxygen atoms in total. The van der Waals surface area contributed by atoms with E-state index in [1.807, 2.05) is 0 Å². The summed E-state index contributed by atoms with van der Waals surface area (Å²) in [4.78, 5) is 5.45. The topological polar surface area (TPSA) is 18.5 Å². The van der Waals surface area contributed by atoms with Gasteiger partial charge in [-0.25, -0.2) is 0 Å². The molecular formula is C32H51N3. The Bertz CT molecular complexity index is 768. The van der Waals surface area contributed by atoms with Crippen molar-refractivity contribution in [2.24, 2.45) is 0 Å². The van der Waals surface area contributed by atoms with Crippen LogP contribution in [-0.4, -0.2) is 48.1 Å². The molecule has 0 spiro atoms. The van der Waals surface area contributed by atoms with E-state index < -0.39 is 0 Å². The van der Waals surface area contributed by atoms with Crippen molar-refractivity contribution in [3.05, 3.63) is 71.8 Å². The summed E-state index contributed by atoms with van der Waals surface area (Å²) in [7, 11) is 0. The van der Waals surface area contributed by atoms with Crippen molar-refractivity contribution in [2.45, 2.75) is 96.7 Å². The summed E-state index contributed by atoms with van der Waals surface area (Å²) in [6, 6.07) is 21.8. The number of unbranched alkanes of at least 4 members (excludes halogenated alkanes) is 4. The van der Waals surface area contributed by atoms with Gasteiger partial charge in [0.25, 0.3) is 0 Å². The largest absolute Gasteiger partial charge is 0.313 e. The van der Waals surface area contributed by atoms with E-state index >= 15 is 0 Å². The molecule has 0 saturated carbocycles. The molecule has 0 bridgehead atoms. The Morgan fingerprint density at radius 3 is 2.00 bits per heavy atom. The Labute approximate surface area is 216 Å². The molecule has 0 atom stereocenters. The fourth-order valence-electron chi connectivity index (χ4n) is 5.43. The molecule has 1 saturated heterocycles. The third kappa shape index (κ3) is 11.3. The van der Waals surface area contributed by atoms with Gasteiger partial charge in [0.2, 0.25) is 0 Å². The third-order valence-corrected chi connectivity index (χ3v) is 7.72. The summed E-state index contributed by atoms with van der Waals surface area (Å²) < 4.78 is 0. The number of piperidine rings is 1. The first-order chi connectivity index (χ1) is 17.1. The number of hydrogen-bond donors (Lipinski definition) is 1. The maximum atomic E-state index is 3.59. The van der Waals surface area contributed by atoms with Crippen LogP contribution in [0.3, 0.4) is 0 Å². The molecule has 3 heteroatoms. The summed E-state index contributed by atoms with van der Waals surface area (Å²) in [6.45, 7) is 13.2. The quantitative estimate of drug-likeness (QED) is 0.242. The van der Waals surface area contributed by atoms with E-state index in [0.29, 0.717) is 5.54 Å². The van der Waals surface area contributed by atoms with Crippen LogP contribution in [0.25, 0.3) is 0 Å². The minimum absolute atomic E-state index is 0.360. The standard InChI is InChI=1S/C32H51N3/c1-32(2,35-26-15-7-16-27-35)22-12-17-25-34(29-31-20-10-6-11-21-31)24-14-4-3-13-23-33-28-30-18-8-5-9-19-30/h5-6,8-11,18-21,33H,3-4,7,12-17,22-29H2,1-2H3. The van der Waals surface area contributed by atoms with Crippen LogP contribution in [0.1, 0.15) is 89.2 Å². The normalized spacial score (nSPS) is 15.1. The molecule has 1 heterocycles. The number of nitrogens with zero attached hydrogens (tertiary/aromatic N) is 2. The van der Waals surface area contributed by atoms with E-state index in [2.05, 4.69) is 89.6 Å². The molecule has 1 aliphatic heterocycles. The first kappa shape index (κ1) is 27.9. The highest BCUT2D eigenvalue weighted by molar-refractivity contribution is 5.15. The molecule has 2 aromatic rings. The first-order valence-corrected chi connectivity index (χ1v) is 14.4. The van der Waals surface area contributed by atoms with Crippen LogP contribution in [0.5, 0.6) is 0 Å². The third-order valence-electron chi connectivity index (χ3n) is 7.72. The highest BCUT2D eigenvalue weighted by Gasteiger charge is 2.27. The number of nitrogens with one attached hydrogen (secondary N) is 1. The zero-order chi connectivity index (χ0) is 24.6. The summed E-state index contributed by atoms with van der Waals surface area (Å²) >= 11 is 0. The Balaban J connectivity index is 1.31. The molecule has 0 radical (unpaired) electrons. The molecule has 3 rings (SSSR count). The molecule has 1 fully saturated rings. The van der Waals surface area contributed by atoms with Crippen LogP contribution in [0.2, 0.25) is 0 Å². The Morgan fingerprint density at radius 1 is 0.714 bits per heavy atom. The molecule has 0 unspecified atom stereocenters. The van der Waals surface area contributed by atoms with Gasteiger partial charge in [-0.2, -0.15) is 0 Å². The van der Waals surface area contributed by atoms with Crippen molar-refractivity contribution in [1.82, 2.24) is 15.1 Å². The van der Waals surface area contributed by atoms with Crippen molar-refractivity contribution in [3.63, 3.8) is 0 Å². The summed E-state index contributed by atoms with van der Waals surface area (Å²) in [5.41, 5.74) is 3.19. The lowest BCUT2D eigenvalue weighted by molar-refractivity contribution is 0.0846. The van der Waals surface area contributed by atoms with E-state index in [1.54, 1.807) is 0 Å². The van der Waals surface area contributed by atoms with Crippen LogP contribution < -0.4 is 5.32 Å². The van der Waals surface area contributed by atoms with Crippen LogP contribution in [0, 0.1) is 0 Å². The second-order valence-corrected chi connectivity index (χ2v) is 11.2. The van der Waals surface area contributed by atoms with E-state index in [-0.39, 0.29) is 0 Å². The zero-order valence-corrected chi connectivity index (χ0v) is 22.7. The highest BCUT2D eigenvalue weighted by Crippen LogP contribution is 2.25. The van der Waals surface area contributed by atoms with Gasteiger partial charge in [0.1, 0.15) is 0 Å². The van der Waals surface area contributed by atoms with E-state index in [9.17, 15) is 0 Å². The second-order valence-electron chi connectivity index (χ2n) is 11.2. The van der Waals surface area contributed by atoms with Gasteiger partial charge in [0.15, 0.2) is 0 Å². The maximum absolute atomic E-state index is 3.59. The monoisotopic (exact) mass is 477 g/mol. The summed E-state index contributed by atoms with van der Waals surface area (Å²) in [6.07, 6.45) is 13.4. The molecular weight excluding hydrogens is 426 g/mol. The Hall–Kier alpha value is -1.68. The average molecular weight is 478 g/mol. The number of benzene rings is 2. The SMILES string of the molecule is CC(C)(CCCCN(CCCCCCNCc1ccccc1)Cc1ccccc1)N1CCCCC1. The van der Waals surface area contributed by atoms with Gasteiger partial charge >= 0.3 is 0 Å². The molecule has 0 amide bonds. The molecule has 35 heavy (non-hydrogen) atoms. The number of hydrogen-bond acceptors (Lipinski definition) is 3. The Kier molecular flexibility index (Phi) is 12.9. The van der Waals surface area contributed by atoms with Crippen LogP contribution in [0.15, 0.2) is 60.7 Å². The average Bonchev–Trinajstić information content (AvgIpc) is 2.89. The zero-order valence-electron chi connectivity index (χ0n) is 22.7. The van der Waals surface area contributed by atoms with Crippen molar-refractivity contribution < 1.29 is 0 Å². The lowest BCUT2D eigenvalue weighted by Crippen LogP contribution is -2.46. The maximum Gasteiger partial charge on any atom is 0.0233 e. The molecule has 194 valence electrons. The molecule has 0 aromatic heterocycles. The lowest BCUT2D eigenvalue weighted by atomic mass is 9.92. The van der Waals surface area contributed by atoms with Crippen LogP contribution in [-0.2, 0) is 13.1 Å².